The second-order valence-electron chi connectivity index (χ2n) is 7.39. The molecule has 3 aromatic carbocycles. The fraction of sp³-hybridized carbons (Fsp3) is 0.0769. The van der Waals surface area contributed by atoms with Crippen LogP contribution in [-0.4, -0.2) is 30.4 Å². The lowest BCUT2D eigenvalue weighted by molar-refractivity contribution is 0.881. The quantitative estimate of drug-likeness (QED) is 0.367. The predicted molar refractivity (Wildman–Crippen MR) is 128 cm³/mol. The van der Waals surface area contributed by atoms with Crippen molar-refractivity contribution in [3.05, 3.63) is 108 Å². The van der Waals surface area contributed by atoms with Gasteiger partial charge in [0, 0.05) is 10.9 Å². The SMILES string of the molecule is CCC(=C(c1ccc(/C=C/c2nn[nH]n2)cc1)n1ncc2ccccc21)c1ccccc1. The van der Waals surface area contributed by atoms with Crippen molar-refractivity contribution < 1.29 is 0 Å². The predicted octanol–water partition coefficient (Wildman–Crippen LogP) is 5.55. The Hall–Kier alpha value is -4.32. The van der Waals surface area contributed by atoms with Crippen molar-refractivity contribution in [3.63, 3.8) is 0 Å². The lowest BCUT2D eigenvalue weighted by Gasteiger charge is -2.17. The van der Waals surface area contributed by atoms with Crippen LogP contribution >= 0.6 is 0 Å². The Kier molecular flexibility index (Phi) is 5.41. The topological polar surface area (TPSA) is 72.3 Å². The van der Waals surface area contributed by atoms with Gasteiger partial charge in [-0.3, -0.25) is 0 Å². The molecule has 5 rings (SSSR count). The molecule has 0 bridgehead atoms. The van der Waals surface area contributed by atoms with Gasteiger partial charge in [-0.25, -0.2) is 4.68 Å². The molecule has 0 aliphatic rings. The molecule has 1 N–H and O–H groups in total. The minimum Gasteiger partial charge on any atom is -0.232 e. The van der Waals surface area contributed by atoms with E-state index in [1.54, 1.807) is 0 Å². The average molecular weight is 419 g/mol. The molecule has 6 heteroatoms. The van der Waals surface area contributed by atoms with Crippen LogP contribution in [0.15, 0.2) is 85.1 Å². The van der Waals surface area contributed by atoms with Gasteiger partial charge in [-0.1, -0.05) is 85.8 Å². The van der Waals surface area contributed by atoms with Gasteiger partial charge in [-0.2, -0.15) is 10.3 Å². The standard InChI is InChI=1S/C26H22N6/c1-2-23(20-8-4-3-5-9-20)26(32-24-11-7-6-10-22(24)18-27-32)21-15-12-19(13-16-21)14-17-25-28-30-31-29-25/h3-18H,2H2,1H3,(H,28,29,30,31)/b17-14+,26-23?. The van der Waals surface area contributed by atoms with Gasteiger partial charge in [0.1, 0.15) is 0 Å². The van der Waals surface area contributed by atoms with Crippen molar-refractivity contribution in [2.45, 2.75) is 13.3 Å². The molecule has 0 atom stereocenters. The third kappa shape index (κ3) is 3.86. The number of nitrogens with zero attached hydrogens (tertiary/aromatic N) is 5. The number of para-hydroxylation sites is 1. The van der Waals surface area contributed by atoms with Crippen LogP contribution in [0.5, 0.6) is 0 Å². The van der Waals surface area contributed by atoms with E-state index < -0.39 is 0 Å². The molecule has 5 aromatic rings. The van der Waals surface area contributed by atoms with Crippen LogP contribution in [0.4, 0.5) is 0 Å². The molecule has 0 fully saturated rings. The van der Waals surface area contributed by atoms with Crippen molar-refractivity contribution in [1.29, 1.82) is 0 Å². The van der Waals surface area contributed by atoms with Crippen LogP contribution in [-0.2, 0) is 0 Å². The maximum Gasteiger partial charge on any atom is 0.197 e. The van der Waals surface area contributed by atoms with E-state index in [1.165, 1.54) is 11.1 Å². The molecule has 0 saturated carbocycles. The first-order valence-electron chi connectivity index (χ1n) is 10.6. The Morgan fingerprint density at radius 2 is 1.66 bits per heavy atom. The number of tetrazole rings is 1. The van der Waals surface area contributed by atoms with Crippen LogP contribution in [0.3, 0.4) is 0 Å². The van der Waals surface area contributed by atoms with Crippen molar-refractivity contribution in [3.8, 4) is 0 Å². The van der Waals surface area contributed by atoms with Gasteiger partial charge in [-0.15, -0.1) is 10.2 Å². The molecule has 32 heavy (non-hydrogen) atoms. The van der Waals surface area contributed by atoms with Gasteiger partial charge < -0.3 is 0 Å². The fourth-order valence-corrected chi connectivity index (χ4v) is 3.88. The highest BCUT2D eigenvalue weighted by Crippen LogP contribution is 2.32. The van der Waals surface area contributed by atoms with E-state index in [0.29, 0.717) is 5.82 Å². The summed E-state index contributed by atoms with van der Waals surface area (Å²) >= 11 is 0. The van der Waals surface area contributed by atoms with E-state index in [0.717, 1.165) is 34.1 Å². The Bertz CT molecular complexity index is 1380. The van der Waals surface area contributed by atoms with Crippen molar-refractivity contribution in [2.24, 2.45) is 0 Å². The number of benzene rings is 3. The Morgan fingerprint density at radius 3 is 2.41 bits per heavy atom. The van der Waals surface area contributed by atoms with Crippen LogP contribution in [0, 0.1) is 0 Å². The zero-order valence-electron chi connectivity index (χ0n) is 17.7. The number of nitrogens with one attached hydrogen (secondary N) is 1. The molecular formula is C26H22N6. The van der Waals surface area contributed by atoms with Gasteiger partial charge in [-0.05, 0) is 40.5 Å². The van der Waals surface area contributed by atoms with Crippen LogP contribution in [0.1, 0.15) is 35.9 Å². The van der Waals surface area contributed by atoms with Gasteiger partial charge in [0.2, 0.25) is 0 Å². The fourth-order valence-electron chi connectivity index (χ4n) is 3.88. The molecule has 0 saturated heterocycles. The Morgan fingerprint density at radius 1 is 0.875 bits per heavy atom. The number of aromatic amines is 1. The third-order valence-electron chi connectivity index (χ3n) is 5.42. The molecule has 0 unspecified atom stereocenters. The van der Waals surface area contributed by atoms with Crippen LogP contribution in [0.2, 0.25) is 0 Å². The molecule has 0 radical (unpaired) electrons. The van der Waals surface area contributed by atoms with Crippen LogP contribution in [0.25, 0.3) is 34.3 Å². The second-order valence-corrected chi connectivity index (χ2v) is 7.39. The number of rotatable bonds is 6. The normalized spacial score (nSPS) is 12.4. The summed E-state index contributed by atoms with van der Waals surface area (Å²) in [6.45, 7) is 2.19. The van der Waals surface area contributed by atoms with Gasteiger partial charge in [0.05, 0.1) is 17.4 Å². The smallest absolute Gasteiger partial charge is 0.197 e. The van der Waals surface area contributed by atoms with Crippen LogP contribution < -0.4 is 0 Å². The maximum absolute atomic E-state index is 4.78. The molecule has 0 aliphatic heterocycles. The minimum absolute atomic E-state index is 0.551. The monoisotopic (exact) mass is 418 g/mol. The van der Waals surface area contributed by atoms with Crippen molar-refractivity contribution >= 4 is 34.3 Å². The summed E-state index contributed by atoms with van der Waals surface area (Å²) in [5, 5.41) is 19.8. The number of hydrogen-bond donors (Lipinski definition) is 1. The van der Waals surface area contributed by atoms with E-state index in [1.807, 2.05) is 30.5 Å². The van der Waals surface area contributed by atoms with Gasteiger partial charge in [0.15, 0.2) is 5.82 Å². The molecule has 2 aromatic heterocycles. The number of aromatic nitrogens is 6. The molecule has 0 aliphatic carbocycles. The first-order valence-corrected chi connectivity index (χ1v) is 10.6. The highest BCUT2D eigenvalue weighted by atomic mass is 15.5. The highest BCUT2D eigenvalue weighted by Gasteiger charge is 2.15. The maximum atomic E-state index is 4.78. The highest BCUT2D eigenvalue weighted by molar-refractivity contribution is 5.95. The van der Waals surface area contributed by atoms with E-state index in [9.17, 15) is 0 Å². The molecular weight excluding hydrogens is 396 g/mol. The number of allylic oxidation sites excluding steroid dienone is 1. The molecule has 0 spiro atoms. The number of fused-ring (bicyclic) bond motifs is 1. The first-order chi connectivity index (χ1) is 15.8. The van der Waals surface area contributed by atoms with E-state index in [2.05, 4.69) is 99.0 Å². The van der Waals surface area contributed by atoms with E-state index >= 15 is 0 Å². The largest absolute Gasteiger partial charge is 0.232 e. The Labute approximate surface area is 185 Å². The zero-order chi connectivity index (χ0) is 21.8. The summed E-state index contributed by atoms with van der Waals surface area (Å²) in [6, 6.07) is 27.3. The summed E-state index contributed by atoms with van der Waals surface area (Å²) in [7, 11) is 0. The van der Waals surface area contributed by atoms with E-state index in [-0.39, 0.29) is 0 Å². The number of hydrogen-bond acceptors (Lipinski definition) is 4. The molecule has 156 valence electrons. The molecule has 2 heterocycles. The van der Waals surface area contributed by atoms with Gasteiger partial charge in [0.25, 0.3) is 0 Å². The third-order valence-corrected chi connectivity index (χ3v) is 5.42. The minimum atomic E-state index is 0.551. The first kappa shape index (κ1) is 19.6. The van der Waals surface area contributed by atoms with Crippen molar-refractivity contribution in [1.82, 2.24) is 30.4 Å². The summed E-state index contributed by atoms with van der Waals surface area (Å²) in [5.41, 5.74) is 6.79. The summed E-state index contributed by atoms with van der Waals surface area (Å²) in [6.07, 6.45) is 6.61. The Balaban J connectivity index is 1.64. The lowest BCUT2D eigenvalue weighted by atomic mass is 9.96. The molecule has 6 nitrogen and oxygen atoms in total. The van der Waals surface area contributed by atoms with Gasteiger partial charge >= 0.3 is 0 Å². The second kappa shape index (κ2) is 8.81. The lowest BCUT2D eigenvalue weighted by Crippen LogP contribution is -2.05. The van der Waals surface area contributed by atoms with Crippen molar-refractivity contribution in [2.75, 3.05) is 0 Å². The zero-order valence-corrected chi connectivity index (χ0v) is 17.7. The van der Waals surface area contributed by atoms with E-state index in [4.69, 9.17) is 5.10 Å². The summed E-state index contributed by atoms with van der Waals surface area (Å²) < 4.78 is 2.06. The number of H-pyrrole nitrogens is 1. The molecule has 0 amide bonds. The average Bonchev–Trinajstić information content (AvgIpc) is 3.52. The summed E-state index contributed by atoms with van der Waals surface area (Å²) in [4.78, 5) is 0. The summed E-state index contributed by atoms with van der Waals surface area (Å²) in [5.74, 6) is 0.551.